The van der Waals surface area contributed by atoms with Crippen molar-refractivity contribution >= 4 is 22.3 Å². The number of hydrogen-bond acceptors (Lipinski definition) is 3. The van der Waals surface area contributed by atoms with E-state index >= 15 is 0 Å². The molecule has 1 aliphatic rings. The molecule has 0 unspecified atom stereocenters. The molecule has 0 spiro atoms. The number of ketones is 2. The Morgan fingerprint density at radius 2 is 1.29 bits per heavy atom. The molecule has 0 atom stereocenters. The molecule has 3 heteroatoms. The zero-order valence-corrected chi connectivity index (χ0v) is 15.2. The maximum absolute atomic E-state index is 12.8. The van der Waals surface area contributed by atoms with Gasteiger partial charge in [-0.2, -0.15) is 0 Å². The van der Waals surface area contributed by atoms with E-state index < -0.39 is 11.6 Å². The fourth-order valence-electron chi connectivity index (χ4n) is 4.00. The summed E-state index contributed by atoms with van der Waals surface area (Å²) >= 11 is 0. The van der Waals surface area contributed by atoms with Crippen molar-refractivity contribution < 1.29 is 14.3 Å². The third-order valence-corrected chi connectivity index (χ3v) is 5.34. The largest absolute Gasteiger partial charge is 0.497 e. The summed E-state index contributed by atoms with van der Waals surface area (Å²) in [5.41, 5.74) is 4.49. The van der Waals surface area contributed by atoms with Crippen LogP contribution in [-0.4, -0.2) is 18.7 Å². The first-order chi connectivity index (χ1) is 13.7. The first-order valence-electron chi connectivity index (χ1n) is 9.07. The molecule has 5 rings (SSSR count). The molecule has 134 valence electrons. The van der Waals surface area contributed by atoms with E-state index in [0.717, 1.165) is 38.8 Å². The molecule has 0 amide bonds. The fraction of sp³-hybridized carbons (Fsp3) is 0.0400. The Bertz CT molecular complexity index is 1270. The Morgan fingerprint density at radius 3 is 2.04 bits per heavy atom. The molecular weight excluding hydrogens is 348 g/mol. The first kappa shape index (κ1) is 16.5. The Morgan fingerprint density at radius 1 is 0.607 bits per heavy atom. The summed E-state index contributed by atoms with van der Waals surface area (Å²) in [6, 6.07) is 24.9. The van der Waals surface area contributed by atoms with Gasteiger partial charge in [0.05, 0.1) is 7.11 Å². The molecular formula is C25H16O3. The second-order valence-corrected chi connectivity index (χ2v) is 6.82. The Hall–Kier alpha value is -3.72. The highest BCUT2D eigenvalue weighted by molar-refractivity contribution is 6.54. The smallest absolute Gasteiger partial charge is 0.234 e. The lowest BCUT2D eigenvalue weighted by Crippen LogP contribution is -2.21. The predicted octanol–water partition coefficient (Wildman–Crippen LogP) is 5.56. The maximum atomic E-state index is 12.8. The van der Waals surface area contributed by atoms with E-state index in [1.54, 1.807) is 19.2 Å². The minimum atomic E-state index is -0.451. The summed E-state index contributed by atoms with van der Waals surface area (Å²) in [7, 11) is 1.63. The number of rotatable bonds is 2. The van der Waals surface area contributed by atoms with Crippen LogP contribution in [0.5, 0.6) is 5.75 Å². The van der Waals surface area contributed by atoms with E-state index in [1.807, 2.05) is 66.7 Å². The lowest BCUT2D eigenvalue weighted by molar-refractivity contribution is 0.0815. The average Bonchev–Trinajstić information content (AvgIpc) is 2.76. The van der Waals surface area contributed by atoms with Gasteiger partial charge in [0, 0.05) is 22.3 Å². The van der Waals surface area contributed by atoms with Crippen molar-refractivity contribution in [3.8, 4) is 28.0 Å². The third-order valence-electron chi connectivity index (χ3n) is 5.34. The van der Waals surface area contributed by atoms with Gasteiger partial charge in [-0.15, -0.1) is 0 Å². The molecule has 0 saturated carbocycles. The van der Waals surface area contributed by atoms with E-state index in [9.17, 15) is 9.59 Å². The molecule has 0 fully saturated rings. The van der Waals surface area contributed by atoms with E-state index in [2.05, 4.69) is 0 Å². The number of methoxy groups -OCH3 is 1. The van der Waals surface area contributed by atoms with E-state index in [1.165, 1.54) is 0 Å². The molecule has 0 aromatic heterocycles. The van der Waals surface area contributed by atoms with Gasteiger partial charge >= 0.3 is 0 Å². The van der Waals surface area contributed by atoms with Crippen molar-refractivity contribution in [3.05, 3.63) is 90.0 Å². The maximum Gasteiger partial charge on any atom is 0.234 e. The Labute approximate surface area is 162 Å². The van der Waals surface area contributed by atoms with Crippen LogP contribution in [0.15, 0.2) is 78.9 Å². The van der Waals surface area contributed by atoms with Gasteiger partial charge < -0.3 is 4.74 Å². The Balaban J connectivity index is 1.89. The van der Waals surface area contributed by atoms with E-state index in [-0.39, 0.29) is 0 Å². The quantitative estimate of drug-likeness (QED) is 0.437. The van der Waals surface area contributed by atoms with Crippen LogP contribution in [0.2, 0.25) is 0 Å². The number of fused-ring (bicyclic) bond motifs is 5. The van der Waals surface area contributed by atoms with Gasteiger partial charge in [0.2, 0.25) is 11.6 Å². The fourth-order valence-corrected chi connectivity index (χ4v) is 4.00. The molecule has 3 nitrogen and oxygen atoms in total. The number of hydrogen-bond donors (Lipinski definition) is 0. The van der Waals surface area contributed by atoms with Crippen LogP contribution >= 0.6 is 0 Å². The van der Waals surface area contributed by atoms with Crippen molar-refractivity contribution in [1.82, 2.24) is 0 Å². The molecule has 0 aliphatic heterocycles. The summed E-state index contributed by atoms with van der Waals surface area (Å²) in [4.78, 5) is 25.6. The summed E-state index contributed by atoms with van der Waals surface area (Å²) in [6.07, 6.45) is 0. The monoisotopic (exact) mass is 364 g/mol. The van der Waals surface area contributed by atoms with Gasteiger partial charge in [0.15, 0.2) is 0 Å². The molecule has 0 saturated heterocycles. The van der Waals surface area contributed by atoms with E-state index in [0.29, 0.717) is 11.1 Å². The number of carbonyl (C=O) groups is 2. The van der Waals surface area contributed by atoms with Crippen LogP contribution in [0.3, 0.4) is 0 Å². The second kappa shape index (κ2) is 6.17. The highest BCUT2D eigenvalue weighted by Gasteiger charge is 2.33. The zero-order chi connectivity index (χ0) is 19.3. The molecule has 0 radical (unpaired) electrons. The van der Waals surface area contributed by atoms with Crippen molar-refractivity contribution in [1.29, 1.82) is 0 Å². The summed E-state index contributed by atoms with van der Waals surface area (Å²) in [6.45, 7) is 0. The molecule has 4 aromatic carbocycles. The molecule has 1 aliphatic carbocycles. The predicted molar refractivity (Wildman–Crippen MR) is 110 cm³/mol. The van der Waals surface area contributed by atoms with Crippen LogP contribution in [0.1, 0.15) is 20.7 Å². The van der Waals surface area contributed by atoms with Gasteiger partial charge in [0.1, 0.15) is 5.75 Å². The summed E-state index contributed by atoms with van der Waals surface area (Å²) in [5, 5.41) is 2.02. The lowest BCUT2D eigenvalue weighted by Gasteiger charge is -2.23. The Kier molecular flexibility index (Phi) is 3.63. The van der Waals surface area contributed by atoms with Crippen molar-refractivity contribution in [2.45, 2.75) is 0 Å². The van der Waals surface area contributed by atoms with Crippen molar-refractivity contribution in [2.24, 2.45) is 0 Å². The van der Waals surface area contributed by atoms with Crippen LogP contribution in [0.4, 0.5) is 0 Å². The van der Waals surface area contributed by atoms with Gasteiger partial charge in [0.25, 0.3) is 0 Å². The average molecular weight is 364 g/mol. The first-order valence-corrected chi connectivity index (χ1v) is 9.07. The highest BCUT2D eigenvalue weighted by Crippen LogP contribution is 2.44. The normalized spacial score (nSPS) is 12.6. The standard InChI is InChI=1S/C25H16O3/c1-28-17-12-9-16(10-13-17)19-7-4-8-20-22(19)23-18-6-3-2-5-15(18)11-14-21(23)25(27)24(20)26/h2-14H,1H3. The minimum Gasteiger partial charge on any atom is -0.497 e. The van der Waals surface area contributed by atoms with Gasteiger partial charge in [-0.05, 0) is 40.1 Å². The molecule has 28 heavy (non-hydrogen) atoms. The highest BCUT2D eigenvalue weighted by atomic mass is 16.5. The van der Waals surface area contributed by atoms with Crippen LogP contribution < -0.4 is 4.74 Å². The van der Waals surface area contributed by atoms with Gasteiger partial charge in [-0.25, -0.2) is 0 Å². The van der Waals surface area contributed by atoms with Crippen molar-refractivity contribution in [2.75, 3.05) is 7.11 Å². The number of carbonyl (C=O) groups excluding carboxylic acids is 2. The number of benzene rings is 4. The van der Waals surface area contributed by atoms with E-state index in [4.69, 9.17) is 4.74 Å². The van der Waals surface area contributed by atoms with Gasteiger partial charge in [-0.3, -0.25) is 9.59 Å². The number of ether oxygens (including phenoxy) is 1. The lowest BCUT2D eigenvalue weighted by atomic mass is 9.78. The third kappa shape index (κ3) is 2.30. The SMILES string of the molecule is COc1ccc(-c2cccc3c2-c2c(ccc4ccccc24)C(=O)C3=O)cc1. The number of Topliss-reactive ketones (excluding diaryl/α,β-unsaturated/α-hetero) is 2. The second-order valence-electron chi connectivity index (χ2n) is 6.82. The molecule has 4 aromatic rings. The van der Waals surface area contributed by atoms with Crippen LogP contribution in [-0.2, 0) is 0 Å². The summed E-state index contributed by atoms with van der Waals surface area (Å²) in [5.74, 6) is -0.126. The van der Waals surface area contributed by atoms with Crippen molar-refractivity contribution in [3.63, 3.8) is 0 Å². The zero-order valence-electron chi connectivity index (χ0n) is 15.2. The molecule has 0 N–H and O–H groups in total. The summed E-state index contributed by atoms with van der Waals surface area (Å²) < 4.78 is 5.26. The topological polar surface area (TPSA) is 43.4 Å². The minimum absolute atomic E-state index is 0.444. The van der Waals surface area contributed by atoms with Gasteiger partial charge in [-0.1, -0.05) is 60.7 Å². The molecule has 0 heterocycles. The van der Waals surface area contributed by atoms with Crippen LogP contribution in [0, 0.1) is 0 Å². The van der Waals surface area contributed by atoms with Crippen LogP contribution in [0.25, 0.3) is 33.0 Å². The molecule has 0 bridgehead atoms.